The van der Waals surface area contributed by atoms with Gasteiger partial charge in [-0.3, -0.25) is 9.36 Å². The van der Waals surface area contributed by atoms with Crippen molar-refractivity contribution in [2.45, 2.75) is 31.6 Å². The lowest BCUT2D eigenvalue weighted by Crippen LogP contribution is -2.22. The second kappa shape index (κ2) is 4.77. The number of nitrogens with zero attached hydrogens (tertiary/aromatic N) is 2. The van der Waals surface area contributed by atoms with Crippen molar-refractivity contribution in [2.24, 2.45) is 0 Å². The Hall–Kier alpha value is -1.90. The molecule has 0 N–H and O–H groups in total. The molecule has 2 heterocycles. The molecule has 1 aliphatic rings. The van der Waals surface area contributed by atoms with Gasteiger partial charge in [0.1, 0.15) is 5.82 Å². The zero-order valence-corrected chi connectivity index (χ0v) is 10.2. The van der Waals surface area contributed by atoms with E-state index in [-0.39, 0.29) is 5.56 Å². The lowest BCUT2D eigenvalue weighted by Gasteiger charge is -2.16. The summed E-state index contributed by atoms with van der Waals surface area (Å²) in [6, 6.07) is 11.2. The van der Waals surface area contributed by atoms with E-state index in [4.69, 9.17) is 0 Å². The Bertz CT molecular complexity index is 583. The highest BCUT2D eigenvalue weighted by atomic mass is 16.1. The van der Waals surface area contributed by atoms with Crippen LogP contribution in [0.1, 0.15) is 37.3 Å². The Labute approximate surface area is 106 Å². The number of pyridine rings is 2. The molecule has 3 heteroatoms. The van der Waals surface area contributed by atoms with Crippen molar-refractivity contribution < 1.29 is 0 Å². The Balaban J connectivity index is 2.15. The van der Waals surface area contributed by atoms with Crippen molar-refractivity contribution in [3.8, 4) is 5.82 Å². The maximum absolute atomic E-state index is 12.1. The van der Waals surface area contributed by atoms with Gasteiger partial charge in [-0.25, -0.2) is 4.98 Å². The monoisotopic (exact) mass is 240 g/mol. The van der Waals surface area contributed by atoms with Crippen LogP contribution in [0.25, 0.3) is 5.82 Å². The van der Waals surface area contributed by atoms with Crippen molar-refractivity contribution in [2.75, 3.05) is 0 Å². The third kappa shape index (κ3) is 1.96. The number of rotatable bonds is 2. The van der Waals surface area contributed by atoms with Crippen LogP contribution in [0.4, 0.5) is 0 Å². The van der Waals surface area contributed by atoms with Crippen LogP contribution in [-0.4, -0.2) is 9.55 Å². The third-order valence-electron chi connectivity index (χ3n) is 3.64. The third-order valence-corrected chi connectivity index (χ3v) is 3.64. The molecule has 1 fully saturated rings. The SMILES string of the molecule is O=c1cccc(C2CCCC2)n1-c1ccccn1. The second-order valence-electron chi connectivity index (χ2n) is 4.79. The van der Waals surface area contributed by atoms with Gasteiger partial charge in [0, 0.05) is 18.0 Å². The summed E-state index contributed by atoms with van der Waals surface area (Å²) in [5.74, 6) is 1.23. The molecule has 0 unspecified atom stereocenters. The van der Waals surface area contributed by atoms with Gasteiger partial charge in [-0.2, -0.15) is 0 Å². The quantitative estimate of drug-likeness (QED) is 0.809. The summed E-state index contributed by atoms with van der Waals surface area (Å²) in [5.41, 5.74) is 1.12. The largest absolute Gasteiger partial charge is 0.269 e. The highest BCUT2D eigenvalue weighted by Gasteiger charge is 2.21. The first-order chi connectivity index (χ1) is 8.86. The van der Waals surface area contributed by atoms with E-state index in [1.165, 1.54) is 25.7 Å². The smallest absolute Gasteiger partial charge is 0.256 e. The molecule has 0 saturated heterocycles. The second-order valence-corrected chi connectivity index (χ2v) is 4.79. The van der Waals surface area contributed by atoms with Gasteiger partial charge in [0.2, 0.25) is 0 Å². The van der Waals surface area contributed by atoms with Crippen LogP contribution in [0.3, 0.4) is 0 Å². The van der Waals surface area contributed by atoms with E-state index in [9.17, 15) is 4.79 Å². The number of hydrogen-bond donors (Lipinski definition) is 0. The maximum Gasteiger partial charge on any atom is 0.256 e. The average Bonchev–Trinajstić information content (AvgIpc) is 2.93. The van der Waals surface area contributed by atoms with Crippen molar-refractivity contribution in [1.29, 1.82) is 0 Å². The molecule has 0 spiro atoms. The Morgan fingerprint density at radius 3 is 2.61 bits per heavy atom. The van der Waals surface area contributed by atoms with Gasteiger partial charge in [-0.1, -0.05) is 25.0 Å². The molecule has 3 nitrogen and oxygen atoms in total. The highest BCUT2D eigenvalue weighted by Crippen LogP contribution is 2.33. The molecule has 2 aromatic rings. The predicted molar refractivity (Wildman–Crippen MR) is 71.0 cm³/mol. The van der Waals surface area contributed by atoms with Crippen molar-refractivity contribution in [3.63, 3.8) is 0 Å². The van der Waals surface area contributed by atoms with Crippen LogP contribution in [0, 0.1) is 0 Å². The van der Waals surface area contributed by atoms with Crippen LogP contribution in [0.15, 0.2) is 47.4 Å². The molecule has 0 radical (unpaired) electrons. The summed E-state index contributed by atoms with van der Waals surface area (Å²) in [6.45, 7) is 0. The first kappa shape index (κ1) is 11.2. The molecule has 3 rings (SSSR count). The zero-order chi connectivity index (χ0) is 12.4. The summed E-state index contributed by atoms with van der Waals surface area (Å²) >= 11 is 0. The van der Waals surface area contributed by atoms with Crippen LogP contribution >= 0.6 is 0 Å². The fourth-order valence-corrected chi connectivity index (χ4v) is 2.78. The summed E-state index contributed by atoms with van der Waals surface area (Å²) in [6.07, 6.45) is 6.60. The molecule has 1 aliphatic carbocycles. The van der Waals surface area contributed by atoms with Gasteiger partial charge in [-0.15, -0.1) is 0 Å². The van der Waals surface area contributed by atoms with E-state index < -0.39 is 0 Å². The lowest BCUT2D eigenvalue weighted by atomic mass is 10.0. The molecule has 0 bridgehead atoms. The molecule has 0 aromatic carbocycles. The molecule has 0 amide bonds. The highest BCUT2D eigenvalue weighted by molar-refractivity contribution is 5.28. The average molecular weight is 240 g/mol. The van der Waals surface area contributed by atoms with E-state index in [0.29, 0.717) is 5.92 Å². The van der Waals surface area contributed by atoms with E-state index >= 15 is 0 Å². The van der Waals surface area contributed by atoms with Crippen molar-refractivity contribution in [1.82, 2.24) is 9.55 Å². The molecule has 18 heavy (non-hydrogen) atoms. The van der Waals surface area contributed by atoms with E-state index in [2.05, 4.69) is 11.1 Å². The minimum absolute atomic E-state index is 0.0121. The van der Waals surface area contributed by atoms with Crippen molar-refractivity contribution in [3.05, 3.63) is 58.6 Å². The van der Waals surface area contributed by atoms with Gasteiger partial charge in [0.15, 0.2) is 0 Å². The molecular weight excluding hydrogens is 224 g/mol. The van der Waals surface area contributed by atoms with Crippen LogP contribution in [-0.2, 0) is 0 Å². The Morgan fingerprint density at radius 1 is 1.06 bits per heavy atom. The normalized spacial score (nSPS) is 16.0. The summed E-state index contributed by atoms with van der Waals surface area (Å²) in [7, 11) is 0. The molecule has 1 saturated carbocycles. The van der Waals surface area contributed by atoms with Gasteiger partial charge >= 0.3 is 0 Å². The van der Waals surface area contributed by atoms with Gasteiger partial charge in [0.25, 0.3) is 5.56 Å². The number of hydrogen-bond acceptors (Lipinski definition) is 2. The summed E-state index contributed by atoms with van der Waals surface area (Å²) in [5, 5.41) is 0. The maximum atomic E-state index is 12.1. The lowest BCUT2D eigenvalue weighted by molar-refractivity contribution is 0.660. The Morgan fingerprint density at radius 2 is 1.89 bits per heavy atom. The van der Waals surface area contributed by atoms with Gasteiger partial charge in [0.05, 0.1) is 0 Å². The fraction of sp³-hybridized carbons (Fsp3) is 0.333. The standard InChI is InChI=1S/C15H16N2O/c18-15-10-5-8-13(12-6-1-2-7-12)17(15)14-9-3-4-11-16-14/h3-5,8-12H,1-2,6-7H2. The van der Waals surface area contributed by atoms with E-state index in [0.717, 1.165) is 11.5 Å². The Kier molecular flexibility index (Phi) is 2.97. The first-order valence-electron chi connectivity index (χ1n) is 6.49. The zero-order valence-electron chi connectivity index (χ0n) is 10.2. The molecule has 2 aromatic heterocycles. The minimum Gasteiger partial charge on any atom is -0.269 e. The summed E-state index contributed by atoms with van der Waals surface area (Å²) in [4.78, 5) is 16.4. The summed E-state index contributed by atoms with van der Waals surface area (Å²) < 4.78 is 1.76. The molecular formula is C15H16N2O. The van der Waals surface area contributed by atoms with Gasteiger partial charge in [-0.05, 0) is 37.0 Å². The van der Waals surface area contributed by atoms with E-state index in [1.54, 1.807) is 16.8 Å². The number of aromatic nitrogens is 2. The fourth-order valence-electron chi connectivity index (χ4n) is 2.78. The molecule has 92 valence electrons. The molecule has 0 atom stereocenters. The predicted octanol–water partition coefficient (Wildman–Crippen LogP) is 2.89. The van der Waals surface area contributed by atoms with Crippen LogP contribution < -0.4 is 5.56 Å². The minimum atomic E-state index is 0.0121. The van der Waals surface area contributed by atoms with Crippen LogP contribution in [0.5, 0.6) is 0 Å². The molecule has 0 aliphatic heterocycles. The van der Waals surface area contributed by atoms with Gasteiger partial charge < -0.3 is 0 Å². The van der Waals surface area contributed by atoms with Crippen LogP contribution in [0.2, 0.25) is 0 Å². The topological polar surface area (TPSA) is 34.9 Å². The van der Waals surface area contributed by atoms with E-state index in [1.807, 2.05) is 24.3 Å². The first-order valence-corrected chi connectivity index (χ1v) is 6.49. The van der Waals surface area contributed by atoms with Crippen molar-refractivity contribution >= 4 is 0 Å².